The summed E-state index contributed by atoms with van der Waals surface area (Å²) in [7, 11) is 3.33. The lowest BCUT2D eigenvalue weighted by Crippen LogP contribution is -2.24. The lowest BCUT2D eigenvalue weighted by molar-refractivity contribution is 0.414. The van der Waals surface area contributed by atoms with Gasteiger partial charge < -0.3 is 19.7 Å². The number of benzene rings is 2. The van der Waals surface area contributed by atoms with Gasteiger partial charge in [-0.25, -0.2) is 19.5 Å². The van der Waals surface area contributed by atoms with E-state index in [-0.39, 0.29) is 0 Å². The van der Waals surface area contributed by atoms with E-state index in [2.05, 4.69) is 49.8 Å². The molecule has 0 aliphatic carbocycles. The number of fused-ring (bicyclic) bond motifs is 1. The Morgan fingerprint density at radius 3 is 2.12 bits per heavy atom. The number of methoxy groups -OCH3 is 2. The minimum Gasteiger partial charge on any atom is -0.497 e. The minimum absolute atomic E-state index is 0.605. The molecular weight excluding hydrogens is 518 g/mol. The standard InChI is InChI=1S/C30H29N9O2/c1-20-33-25(29-30(35-26-14-16-31-37-26)36-27-5-4-15-32-39(27)29)17-28(34-20)38(18-21-6-10-23(40-2)11-7-21)19-22-8-12-24(41-3)13-9-22/h4-17H,18-19H2,1-3H3,(H2,31,35,37). The van der Waals surface area contributed by atoms with Gasteiger partial charge in [-0.2, -0.15) is 10.2 Å². The van der Waals surface area contributed by atoms with E-state index >= 15 is 0 Å². The zero-order valence-electron chi connectivity index (χ0n) is 22.9. The van der Waals surface area contributed by atoms with E-state index < -0.39 is 0 Å². The normalized spacial score (nSPS) is 11.0. The molecule has 11 nitrogen and oxygen atoms in total. The zero-order chi connectivity index (χ0) is 28.2. The summed E-state index contributed by atoms with van der Waals surface area (Å²) in [6.45, 7) is 3.14. The fourth-order valence-corrected chi connectivity index (χ4v) is 4.61. The molecule has 0 spiro atoms. The van der Waals surface area contributed by atoms with Crippen LogP contribution in [0.3, 0.4) is 0 Å². The number of ether oxygens (including phenoxy) is 2. The van der Waals surface area contributed by atoms with Gasteiger partial charge in [-0.15, -0.1) is 0 Å². The molecule has 0 saturated carbocycles. The van der Waals surface area contributed by atoms with E-state index in [9.17, 15) is 0 Å². The number of hydrogen-bond donors (Lipinski definition) is 2. The summed E-state index contributed by atoms with van der Waals surface area (Å²) in [6, 6.07) is 23.7. The van der Waals surface area contributed by atoms with Crippen LogP contribution < -0.4 is 19.7 Å². The van der Waals surface area contributed by atoms with E-state index in [0.717, 1.165) is 34.1 Å². The van der Waals surface area contributed by atoms with Crippen molar-refractivity contribution in [1.29, 1.82) is 0 Å². The van der Waals surface area contributed by atoms with Crippen molar-refractivity contribution in [2.24, 2.45) is 0 Å². The van der Waals surface area contributed by atoms with Gasteiger partial charge in [0, 0.05) is 31.4 Å². The first-order chi connectivity index (χ1) is 20.1. The monoisotopic (exact) mass is 547 g/mol. The Morgan fingerprint density at radius 2 is 1.51 bits per heavy atom. The van der Waals surface area contributed by atoms with Gasteiger partial charge in [-0.1, -0.05) is 24.3 Å². The van der Waals surface area contributed by atoms with Gasteiger partial charge in [0.25, 0.3) is 0 Å². The smallest absolute Gasteiger partial charge is 0.162 e. The van der Waals surface area contributed by atoms with Crippen molar-refractivity contribution < 1.29 is 9.47 Å². The summed E-state index contributed by atoms with van der Waals surface area (Å²) in [5.74, 6) is 4.35. The Hall–Kier alpha value is -5.45. The molecule has 0 amide bonds. The predicted octanol–water partition coefficient (Wildman–Crippen LogP) is 5.19. The maximum atomic E-state index is 5.36. The number of H-pyrrole nitrogens is 1. The van der Waals surface area contributed by atoms with Crippen molar-refractivity contribution in [3.05, 3.63) is 102 Å². The van der Waals surface area contributed by atoms with Crippen LogP contribution >= 0.6 is 0 Å². The fraction of sp³-hybridized carbons (Fsp3) is 0.167. The third-order valence-electron chi connectivity index (χ3n) is 6.60. The average molecular weight is 548 g/mol. The summed E-state index contributed by atoms with van der Waals surface area (Å²) in [4.78, 5) is 16.7. The third kappa shape index (κ3) is 5.64. The van der Waals surface area contributed by atoms with Gasteiger partial charge in [-0.3, -0.25) is 5.10 Å². The van der Waals surface area contributed by atoms with E-state index in [1.807, 2.05) is 55.5 Å². The molecule has 0 aliphatic heterocycles. The largest absolute Gasteiger partial charge is 0.497 e. The van der Waals surface area contributed by atoms with Crippen LogP contribution in [0.4, 0.5) is 17.5 Å². The van der Waals surface area contributed by atoms with Crippen LogP contribution in [0.1, 0.15) is 17.0 Å². The number of aromatic amines is 1. The van der Waals surface area contributed by atoms with Gasteiger partial charge in [0.1, 0.15) is 34.7 Å². The van der Waals surface area contributed by atoms with Crippen LogP contribution in [0.25, 0.3) is 17.0 Å². The molecule has 4 aromatic heterocycles. The molecule has 2 N–H and O–H groups in total. The summed E-state index contributed by atoms with van der Waals surface area (Å²) < 4.78 is 12.5. The maximum Gasteiger partial charge on any atom is 0.162 e. The molecule has 41 heavy (non-hydrogen) atoms. The number of hydrogen-bond acceptors (Lipinski definition) is 9. The molecule has 0 unspecified atom stereocenters. The van der Waals surface area contributed by atoms with Crippen LogP contribution in [0, 0.1) is 6.92 Å². The molecule has 0 bridgehead atoms. The van der Waals surface area contributed by atoms with Crippen LogP contribution in [0.5, 0.6) is 11.5 Å². The topological polar surface area (TPSA) is 118 Å². The average Bonchev–Trinajstić information content (AvgIpc) is 3.65. The second kappa shape index (κ2) is 11.3. The highest BCUT2D eigenvalue weighted by molar-refractivity contribution is 5.77. The quantitative estimate of drug-likeness (QED) is 0.239. The Labute approximate surface area is 236 Å². The molecule has 0 fully saturated rings. The van der Waals surface area contributed by atoms with Gasteiger partial charge in [0.15, 0.2) is 11.5 Å². The second-order valence-corrected chi connectivity index (χ2v) is 9.41. The summed E-state index contributed by atoms with van der Waals surface area (Å²) in [5.41, 5.74) is 4.34. The number of rotatable bonds is 10. The Bertz CT molecular complexity index is 1700. The van der Waals surface area contributed by atoms with Gasteiger partial charge in [-0.05, 0) is 54.4 Å². The van der Waals surface area contributed by atoms with Crippen LogP contribution in [0.2, 0.25) is 0 Å². The molecule has 0 radical (unpaired) electrons. The first-order valence-corrected chi connectivity index (χ1v) is 13.1. The molecule has 6 aromatic rings. The maximum absolute atomic E-state index is 5.36. The molecule has 0 saturated heterocycles. The van der Waals surface area contributed by atoms with E-state index in [4.69, 9.17) is 24.4 Å². The number of imidazole rings is 1. The Morgan fingerprint density at radius 1 is 0.829 bits per heavy atom. The molecular formula is C30H29N9O2. The molecule has 206 valence electrons. The lowest BCUT2D eigenvalue weighted by Gasteiger charge is -2.25. The summed E-state index contributed by atoms with van der Waals surface area (Å²) in [5, 5.41) is 14.9. The molecule has 6 rings (SSSR count). The minimum atomic E-state index is 0.605. The van der Waals surface area contributed by atoms with Crippen molar-refractivity contribution in [2.75, 3.05) is 24.4 Å². The molecule has 0 atom stereocenters. The van der Waals surface area contributed by atoms with E-state index in [1.54, 1.807) is 31.1 Å². The zero-order valence-corrected chi connectivity index (χ0v) is 22.9. The molecule has 4 heterocycles. The molecule has 0 aliphatic rings. The highest BCUT2D eigenvalue weighted by Crippen LogP contribution is 2.32. The molecule has 11 heteroatoms. The fourth-order valence-electron chi connectivity index (χ4n) is 4.61. The second-order valence-electron chi connectivity index (χ2n) is 9.41. The molecule has 2 aromatic carbocycles. The number of anilines is 3. The first kappa shape index (κ1) is 25.8. The van der Waals surface area contributed by atoms with Crippen molar-refractivity contribution in [3.8, 4) is 22.9 Å². The highest BCUT2D eigenvalue weighted by Gasteiger charge is 2.20. The van der Waals surface area contributed by atoms with Gasteiger partial charge in [0.05, 0.1) is 26.1 Å². The number of nitrogens with zero attached hydrogens (tertiary/aromatic N) is 7. The SMILES string of the molecule is COc1ccc(CN(Cc2ccc(OC)cc2)c2cc(-c3c(Nc4ccn[nH]4)nc4cccnn34)nc(C)n2)cc1. The predicted molar refractivity (Wildman–Crippen MR) is 156 cm³/mol. The van der Waals surface area contributed by atoms with E-state index in [0.29, 0.717) is 41.9 Å². The van der Waals surface area contributed by atoms with Crippen LogP contribution in [-0.2, 0) is 13.1 Å². The van der Waals surface area contributed by atoms with Crippen molar-refractivity contribution in [2.45, 2.75) is 20.0 Å². The van der Waals surface area contributed by atoms with Gasteiger partial charge in [0.2, 0.25) is 0 Å². The summed E-state index contributed by atoms with van der Waals surface area (Å²) in [6.07, 6.45) is 3.41. The number of nitrogens with one attached hydrogen (secondary N) is 2. The van der Waals surface area contributed by atoms with E-state index in [1.165, 1.54) is 0 Å². The summed E-state index contributed by atoms with van der Waals surface area (Å²) >= 11 is 0. The first-order valence-electron chi connectivity index (χ1n) is 13.1. The van der Waals surface area contributed by atoms with Crippen LogP contribution in [0.15, 0.2) is 85.2 Å². The Kier molecular flexibility index (Phi) is 7.14. The van der Waals surface area contributed by atoms with Crippen LogP contribution in [-0.4, -0.2) is 49.0 Å². The van der Waals surface area contributed by atoms with Crippen molar-refractivity contribution >= 4 is 23.1 Å². The Balaban J connectivity index is 1.43. The van der Waals surface area contributed by atoms with Crippen molar-refractivity contribution in [1.82, 2.24) is 34.8 Å². The number of aryl methyl sites for hydroxylation is 1. The van der Waals surface area contributed by atoms with Gasteiger partial charge >= 0.3 is 0 Å². The lowest BCUT2D eigenvalue weighted by atomic mass is 10.1. The highest BCUT2D eigenvalue weighted by atomic mass is 16.5. The number of aromatic nitrogens is 7. The van der Waals surface area contributed by atoms with Crippen molar-refractivity contribution in [3.63, 3.8) is 0 Å². The third-order valence-corrected chi connectivity index (χ3v) is 6.60.